The number of carbonyl (C=O) groups is 1. The van der Waals surface area contributed by atoms with Gasteiger partial charge >= 0.3 is 0 Å². The van der Waals surface area contributed by atoms with Crippen molar-refractivity contribution in [1.29, 1.82) is 0 Å². The van der Waals surface area contributed by atoms with Crippen LogP contribution in [-0.4, -0.2) is 35.9 Å². The van der Waals surface area contributed by atoms with Crippen molar-refractivity contribution in [3.63, 3.8) is 0 Å². The minimum Gasteiger partial charge on any atom is -0.376 e. The Morgan fingerprint density at radius 1 is 1.24 bits per heavy atom. The molecule has 0 N–H and O–H groups in total. The molecule has 4 nitrogen and oxygen atoms in total. The number of rotatable bonds is 7. The van der Waals surface area contributed by atoms with Gasteiger partial charge < -0.3 is 4.74 Å². The highest BCUT2D eigenvalue weighted by molar-refractivity contribution is 7.99. The smallest absolute Gasteiger partial charge is 0.260 e. The highest BCUT2D eigenvalue weighted by Crippen LogP contribution is 2.32. The summed E-state index contributed by atoms with van der Waals surface area (Å²) < 4.78 is 6.96. The average Bonchev–Trinajstić information content (AvgIpc) is 3.41. The summed E-state index contributed by atoms with van der Waals surface area (Å²) in [5, 5.41) is 0.751. The van der Waals surface area contributed by atoms with Gasteiger partial charge in [0.25, 0.3) is 5.91 Å². The van der Waals surface area contributed by atoms with Gasteiger partial charge in [0.05, 0.1) is 22.9 Å². The second-order valence-corrected chi connectivity index (χ2v) is 9.51. The molecule has 1 atom stereocenters. The molecule has 2 heterocycles. The van der Waals surface area contributed by atoms with Gasteiger partial charge in [-0.15, -0.1) is 11.8 Å². The van der Waals surface area contributed by atoms with Crippen molar-refractivity contribution in [2.75, 3.05) is 23.8 Å². The van der Waals surface area contributed by atoms with E-state index >= 15 is 0 Å². The summed E-state index contributed by atoms with van der Waals surface area (Å²) in [6.07, 6.45) is 3.10. The summed E-state index contributed by atoms with van der Waals surface area (Å²) in [6.45, 7) is 5.60. The van der Waals surface area contributed by atoms with Crippen LogP contribution in [-0.2, 0) is 11.2 Å². The van der Waals surface area contributed by atoms with Crippen molar-refractivity contribution in [3.05, 3.63) is 53.6 Å². The highest BCUT2D eigenvalue weighted by Gasteiger charge is 2.27. The van der Waals surface area contributed by atoms with Crippen LogP contribution in [0.15, 0.2) is 47.4 Å². The van der Waals surface area contributed by atoms with Crippen molar-refractivity contribution in [3.8, 4) is 0 Å². The SMILES string of the molecule is CCSc1ccc(C(=O)N(CC2CCCO2)c2nc3ccc(CC)cc3s2)cc1. The summed E-state index contributed by atoms with van der Waals surface area (Å²) in [4.78, 5) is 21.2. The number of benzene rings is 2. The van der Waals surface area contributed by atoms with Gasteiger partial charge in [0.1, 0.15) is 0 Å². The molecule has 0 spiro atoms. The zero-order valence-corrected chi connectivity index (χ0v) is 18.5. The molecule has 3 aromatic rings. The third-order valence-corrected chi connectivity index (χ3v) is 7.08. The van der Waals surface area contributed by atoms with E-state index in [0.29, 0.717) is 12.1 Å². The second kappa shape index (κ2) is 9.28. The van der Waals surface area contributed by atoms with E-state index in [0.717, 1.165) is 47.0 Å². The van der Waals surface area contributed by atoms with Crippen molar-refractivity contribution < 1.29 is 9.53 Å². The van der Waals surface area contributed by atoms with Crippen LogP contribution >= 0.6 is 23.1 Å². The summed E-state index contributed by atoms with van der Waals surface area (Å²) in [5.74, 6) is 1.01. The first kappa shape index (κ1) is 20.4. The molecule has 1 fully saturated rings. The van der Waals surface area contributed by atoms with Crippen molar-refractivity contribution in [1.82, 2.24) is 4.98 Å². The predicted molar refractivity (Wildman–Crippen MR) is 122 cm³/mol. The minimum atomic E-state index is -0.0108. The molecule has 0 saturated carbocycles. The molecular weight excluding hydrogens is 400 g/mol. The first-order valence-electron chi connectivity index (χ1n) is 10.2. The summed E-state index contributed by atoms with van der Waals surface area (Å²) in [7, 11) is 0. The molecule has 1 amide bonds. The Morgan fingerprint density at radius 3 is 2.76 bits per heavy atom. The van der Waals surface area contributed by atoms with Gasteiger partial charge in [-0.25, -0.2) is 4.98 Å². The van der Waals surface area contributed by atoms with E-state index in [2.05, 4.69) is 32.0 Å². The van der Waals surface area contributed by atoms with Crippen LogP contribution in [0.5, 0.6) is 0 Å². The zero-order chi connectivity index (χ0) is 20.2. The lowest BCUT2D eigenvalue weighted by Crippen LogP contribution is -2.37. The van der Waals surface area contributed by atoms with Gasteiger partial charge in [0.2, 0.25) is 0 Å². The summed E-state index contributed by atoms with van der Waals surface area (Å²) >= 11 is 3.36. The Balaban J connectivity index is 1.66. The number of thiazole rings is 1. The van der Waals surface area contributed by atoms with Gasteiger partial charge in [-0.3, -0.25) is 9.69 Å². The third kappa shape index (κ3) is 4.65. The van der Waals surface area contributed by atoms with Crippen molar-refractivity contribution in [2.45, 2.75) is 44.1 Å². The number of ether oxygens (including phenoxy) is 1. The van der Waals surface area contributed by atoms with E-state index in [9.17, 15) is 4.79 Å². The lowest BCUT2D eigenvalue weighted by molar-refractivity contribution is 0.0917. The molecule has 1 aromatic heterocycles. The Morgan fingerprint density at radius 2 is 2.07 bits per heavy atom. The van der Waals surface area contributed by atoms with Crippen LogP contribution in [0.2, 0.25) is 0 Å². The normalized spacial score (nSPS) is 16.4. The van der Waals surface area contributed by atoms with E-state index in [4.69, 9.17) is 9.72 Å². The summed E-state index contributed by atoms with van der Waals surface area (Å²) in [5.41, 5.74) is 2.92. The van der Waals surface area contributed by atoms with Crippen molar-refractivity contribution in [2.24, 2.45) is 0 Å². The van der Waals surface area contributed by atoms with Crippen LogP contribution in [0.1, 0.15) is 42.6 Å². The molecule has 2 aromatic carbocycles. The predicted octanol–water partition coefficient (Wildman–Crippen LogP) is 5.80. The molecular formula is C23H26N2O2S2. The van der Waals surface area contributed by atoms with Crippen LogP contribution in [0.25, 0.3) is 10.2 Å². The molecule has 1 aliphatic rings. The van der Waals surface area contributed by atoms with Gasteiger partial charge in [-0.2, -0.15) is 0 Å². The lowest BCUT2D eigenvalue weighted by atomic mass is 10.1. The van der Waals surface area contributed by atoms with Gasteiger partial charge in [0.15, 0.2) is 5.13 Å². The molecule has 29 heavy (non-hydrogen) atoms. The minimum absolute atomic E-state index is 0.0108. The van der Waals surface area contributed by atoms with Crippen LogP contribution in [0.4, 0.5) is 5.13 Å². The molecule has 0 bridgehead atoms. The number of anilines is 1. The van der Waals surface area contributed by atoms with E-state index in [1.807, 2.05) is 29.2 Å². The maximum atomic E-state index is 13.4. The van der Waals surface area contributed by atoms with Crippen molar-refractivity contribution >= 4 is 44.4 Å². The van der Waals surface area contributed by atoms with Crippen LogP contribution in [0.3, 0.4) is 0 Å². The second-order valence-electron chi connectivity index (χ2n) is 7.16. The van der Waals surface area contributed by atoms with Gasteiger partial charge in [-0.05, 0) is 67.0 Å². The number of carbonyl (C=O) groups excluding carboxylic acids is 1. The Labute approximate surface area is 180 Å². The van der Waals surface area contributed by atoms with Crippen LogP contribution < -0.4 is 4.90 Å². The molecule has 4 rings (SSSR count). The number of hydrogen-bond donors (Lipinski definition) is 0. The Kier molecular flexibility index (Phi) is 6.53. The van der Waals surface area contributed by atoms with Crippen LogP contribution in [0, 0.1) is 0 Å². The van der Waals surface area contributed by atoms with Gasteiger partial charge in [0, 0.05) is 17.1 Å². The fourth-order valence-electron chi connectivity index (χ4n) is 3.55. The summed E-state index contributed by atoms with van der Waals surface area (Å²) in [6, 6.07) is 14.2. The first-order chi connectivity index (χ1) is 14.2. The first-order valence-corrected chi connectivity index (χ1v) is 12.0. The third-order valence-electron chi connectivity index (χ3n) is 5.15. The number of hydrogen-bond acceptors (Lipinski definition) is 5. The van der Waals surface area contributed by atoms with Gasteiger partial charge in [-0.1, -0.05) is 31.3 Å². The number of aromatic nitrogens is 1. The maximum absolute atomic E-state index is 13.4. The molecule has 1 unspecified atom stereocenters. The average molecular weight is 427 g/mol. The maximum Gasteiger partial charge on any atom is 0.260 e. The Bertz CT molecular complexity index is 978. The monoisotopic (exact) mass is 426 g/mol. The number of nitrogens with zero attached hydrogens (tertiary/aromatic N) is 2. The topological polar surface area (TPSA) is 42.4 Å². The molecule has 0 aliphatic carbocycles. The Hall–Kier alpha value is -1.89. The van der Waals surface area contributed by atoms with E-state index in [1.54, 1.807) is 23.1 Å². The van der Waals surface area contributed by atoms with E-state index < -0.39 is 0 Å². The number of fused-ring (bicyclic) bond motifs is 1. The van der Waals surface area contributed by atoms with E-state index in [1.165, 1.54) is 10.5 Å². The molecule has 1 aliphatic heterocycles. The molecule has 1 saturated heterocycles. The highest BCUT2D eigenvalue weighted by atomic mass is 32.2. The zero-order valence-electron chi connectivity index (χ0n) is 16.9. The fourth-order valence-corrected chi connectivity index (χ4v) is 5.25. The largest absolute Gasteiger partial charge is 0.376 e. The number of thioether (sulfide) groups is 1. The standard InChI is InChI=1S/C23H26N2O2S2/c1-3-16-7-12-20-21(14-16)29-23(24-20)25(15-18-6-5-13-27-18)22(26)17-8-10-19(11-9-17)28-4-2/h7-12,14,18H,3-6,13,15H2,1-2H3. The lowest BCUT2D eigenvalue weighted by Gasteiger charge is -2.23. The van der Waals surface area contributed by atoms with E-state index in [-0.39, 0.29) is 12.0 Å². The quantitative estimate of drug-likeness (QED) is 0.448. The molecule has 152 valence electrons. The number of aryl methyl sites for hydroxylation is 1. The number of amides is 1. The molecule has 6 heteroatoms. The molecule has 0 radical (unpaired) electrons. The fraction of sp³-hybridized carbons (Fsp3) is 0.391.